The lowest BCUT2D eigenvalue weighted by Crippen LogP contribution is -2.02. The molecule has 0 spiro atoms. The highest BCUT2D eigenvalue weighted by molar-refractivity contribution is 6.50. The van der Waals surface area contributed by atoms with E-state index >= 15 is 0 Å². The third-order valence-electron chi connectivity index (χ3n) is 1.65. The van der Waals surface area contributed by atoms with Gasteiger partial charge < -0.3 is 26.7 Å². The second kappa shape index (κ2) is 8.97. The molecule has 2 heterocycles. The van der Waals surface area contributed by atoms with Crippen LogP contribution in [0.4, 0.5) is 17.3 Å². The van der Waals surface area contributed by atoms with Crippen LogP contribution in [-0.4, -0.2) is 33.7 Å². The standard InChI is InChI=1S/2C4H8O.BF4/c2*1-2-4-5-3-1;2-1(3,4)5/h2*1-4H2;/q;;-1. The molecule has 15 heavy (non-hydrogen) atoms. The molecule has 2 rings (SSSR count). The van der Waals surface area contributed by atoms with E-state index in [0.29, 0.717) is 0 Å². The predicted molar refractivity (Wildman–Crippen MR) is 50.3 cm³/mol. The Morgan fingerprint density at radius 3 is 0.867 bits per heavy atom. The van der Waals surface area contributed by atoms with Crippen molar-refractivity contribution < 1.29 is 26.7 Å². The van der Waals surface area contributed by atoms with Crippen LogP contribution >= 0.6 is 0 Å². The average Bonchev–Trinajstić information content (AvgIpc) is 2.81. The van der Waals surface area contributed by atoms with Gasteiger partial charge in [-0.05, 0) is 25.7 Å². The fraction of sp³-hybridized carbons (Fsp3) is 1.00. The van der Waals surface area contributed by atoms with Gasteiger partial charge in [0.2, 0.25) is 0 Å². The smallest absolute Gasteiger partial charge is 0.418 e. The van der Waals surface area contributed by atoms with E-state index in [1.165, 1.54) is 25.7 Å². The van der Waals surface area contributed by atoms with Crippen molar-refractivity contribution in [2.45, 2.75) is 25.7 Å². The highest BCUT2D eigenvalue weighted by Crippen LogP contribution is 2.06. The molecule has 0 unspecified atom stereocenters. The Kier molecular flexibility index (Phi) is 8.79. The van der Waals surface area contributed by atoms with Gasteiger partial charge in [0.25, 0.3) is 0 Å². The minimum Gasteiger partial charge on any atom is -0.418 e. The lowest BCUT2D eigenvalue weighted by Gasteiger charge is -1.94. The Hall–Kier alpha value is -0.295. The van der Waals surface area contributed by atoms with Gasteiger partial charge in [0, 0.05) is 26.4 Å². The number of hydrogen-bond acceptors (Lipinski definition) is 2. The summed E-state index contributed by atoms with van der Waals surface area (Å²) in [5.74, 6) is 0. The lowest BCUT2D eigenvalue weighted by molar-refractivity contribution is 0.198. The molecule has 2 aliphatic heterocycles. The van der Waals surface area contributed by atoms with Gasteiger partial charge in [0.1, 0.15) is 0 Å². The Bertz CT molecular complexity index is 104. The second-order valence-electron chi connectivity index (χ2n) is 3.13. The van der Waals surface area contributed by atoms with E-state index in [2.05, 4.69) is 0 Å². The van der Waals surface area contributed by atoms with Gasteiger partial charge in [0.15, 0.2) is 0 Å². The van der Waals surface area contributed by atoms with Gasteiger partial charge in [-0.15, -0.1) is 0 Å². The summed E-state index contributed by atoms with van der Waals surface area (Å²) in [6, 6.07) is 0. The normalized spacial score (nSPS) is 20.0. The molecule has 0 saturated carbocycles. The van der Waals surface area contributed by atoms with Gasteiger partial charge in [-0.2, -0.15) is 0 Å². The Morgan fingerprint density at radius 2 is 0.800 bits per heavy atom. The second-order valence-corrected chi connectivity index (χ2v) is 3.13. The zero-order valence-electron chi connectivity index (χ0n) is 8.56. The van der Waals surface area contributed by atoms with E-state index in [-0.39, 0.29) is 0 Å². The summed E-state index contributed by atoms with van der Waals surface area (Å²) in [6.45, 7) is 4.00. The first-order chi connectivity index (χ1) is 7.00. The van der Waals surface area contributed by atoms with E-state index in [4.69, 9.17) is 9.47 Å². The van der Waals surface area contributed by atoms with Crippen molar-refractivity contribution in [3.05, 3.63) is 0 Å². The summed E-state index contributed by atoms with van der Waals surface area (Å²) in [7, 11) is -6.00. The average molecular weight is 231 g/mol. The Morgan fingerprint density at radius 1 is 0.600 bits per heavy atom. The van der Waals surface area contributed by atoms with Crippen molar-refractivity contribution in [3.63, 3.8) is 0 Å². The number of hydrogen-bond donors (Lipinski definition) is 0. The zero-order chi connectivity index (χ0) is 11.6. The molecule has 0 aliphatic carbocycles. The van der Waals surface area contributed by atoms with Crippen LogP contribution in [0.5, 0.6) is 0 Å². The highest BCUT2D eigenvalue weighted by Gasteiger charge is 2.20. The molecule has 2 nitrogen and oxygen atoms in total. The SMILES string of the molecule is C1CCOC1.C1CCOC1.F[B-](F)(F)F. The fourth-order valence-electron chi connectivity index (χ4n) is 1.02. The summed E-state index contributed by atoms with van der Waals surface area (Å²) in [5.41, 5.74) is 0. The number of ether oxygens (including phenoxy) is 2. The molecule has 0 atom stereocenters. The van der Waals surface area contributed by atoms with Crippen molar-refractivity contribution in [2.24, 2.45) is 0 Å². The van der Waals surface area contributed by atoms with Crippen molar-refractivity contribution in [1.29, 1.82) is 0 Å². The maximum atomic E-state index is 9.75. The molecule has 0 aromatic carbocycles. The van der Waals surface area contributed by atoms with Crippen LogP contribution in [0.15, 0.2) is 0 Å². The number of halogens is 4. The van der Waals surface area contributed by atoms with Crippen LogP contribution in [0, 0.1) is 0 Å². The maximum absolute atomic E-state index is 9.75. The maximum Gasteiger partial charge on any atom is 0.673 e. The first-order valence-electron chi connectivity index (χ1n) is 5.03. The molecule has 0 aromatic heterocycles. The van der Waals surface area contributed by atoms with Crippen LogP contribution in [0.2, 0.25) is 0 Å². The van der Waals surface area contributed by atoms with Crippen LogP contribution < -0.4 is 0 Å². The molecule has 2 saturated heterocycles. The largest absolute Gasteiger partial charge is 0.673 e. The number of rotatable bonds is 0. The van der Waals surface area contributed by atoms with Gasteiger partial charge >= 0.3 is 7.25 Å². The molecule has 0 aromatic rings. The molecular weight excluding hydrogens is 215 g/mol. The highest BCUT2D eigenvalue weighted by atomic mass is 19.5. The lowest BCUT2D eigenvalue weighted by atomic mass is 10.3. The van der Waals surface area contributed by atoms with Crippen molar-refractivity contribution in [1.82, 2.24) is 0 Å². The molecule has 0 N–H and O–H groups in total. The minimum atomic E-state index is -6.00. The van der Waals surface area contributed by atoms with Gasteiger partial charge in [-0.25, -0.2) is 0 Å². The summed E-state index contributed by atoms with van der Waals surface area (Å²) in [5, 5.41) is 0. The molecule has 0 amide bonds. The van der Waals surface area contributed by atoms with Crippen LogP contribution in [0.3, 0.4) is 0 Å². The van der Waals surface area contributed by atoms with E-state index in [1.54, 1.807) is 0 Å². The molecule has 0 radical (unpaired) electrons. The summed E-state index contributed by atoms with van der Waals surface area (Å²) in [6.07, 6.45) is 5.11. The Balaban J connectivity index is 0.000000196. The molecule has 92 valence electrons. The van der Waals surface area contributed by atoms with Crippen LogP contribution in [0.25, 0.3) is 0 Å². The van der Waals surface area contributed by atoms with Gasteiger partial charge in [-0.1, -0.05) is 0 Å². The minimum absolute atomic E-state index is 1.00. The molecular formula is C8H16BF4O2-. The van der Waals surface area contributed by atoms with Crippen LogP contribution in [0.1, 0.15) is 25.7 Å². The fourth-order valence-corrected chi connectivity index (χ4v) is 1.02. The first-order valence-corrected chi connectivity index (χ1v) is 5.03. The van der Waals surface area contributed by atoms with E-state index in [9.17, 15) is 17.3 Å². The predicted octanol–water partition coefficient (Wildman–Crippen LogP) is 2.89. The molecule has 2 aliphatic rings. The first kappa shape index (κ1) is 14.7. The van der Waals surface area contributed by atoms with Gasteiger partial charge in [-0.3, -0.25) is 0 Å². The summed E-state index contributed by atoms with van der Waals surface area (Å²) < 4.78 is 48.9. The van der Waals surface area contributed by atoms with E-state index in [1.807, 2.05) is 0 Å². The van der Waals surface area contributed by atoms with Crippen molar-refractivity contribution in [2.75, 3.05) is 26.4 Å². The van der Waals surface area contributed by atoms with Crippen LogP contribution in [-0.2, 0) is 9.47 Å². The third kappa shape index (κ3) is 19.9. The Labute approximate surface area is 87.0 Å². The third-order valence-corrected chi connectivity index (χ3v) is 1.65. The summed E-state index contributed by atoms with van der Waals surface area (Å²) >= 11 is 0. The van der Waals surface area contributed by atoms with E-state index < -0.39 is 7.25 Å². The molecule has 2 fully saturated rings. The van der Waals surface area contributed by atoms with Crippen molar-refractivity contribution >= 4 is 7.25 Å². The molecule has 7 heteroatoms. The monoisotopic (exact) mass is 231 g/mol. The van der Waals surface area contributed by atoms with E-state index in [0.717, 1.165) is 26.4 Å². The van der Waals surface area contributed by atoms with Gasteiger partial charge in [0.05, 0.1) is 0 Å². The summed E-state index contributed by atoms with van der Waals surface area (Å²) in [4.78, 5) is 0. The van der Waals surface area contributed by atoms with Crippen molar-refractivity contribution in [3.8, 4) is 0 Å². The molecule has 0 bridgehead atoms. The topological polar surface area (TPSA) is 18.5 Å². The zero-order valence-corrected chi connectivity index (χ0v) is 8.56. The quantitative estimate of drug-likeness (QED) is 0.471.